The minimum Gasteiger partial charge on any atom is -0.366 e. The zero-order valence-electron chi connectivity index (χ0n) is 12.9. The van der Waals surface area contributed by atoms with Crippen molar-refractivity contribution in [1.29, 1.82) is 0 Å². The van der Waals surface area contributed by atoms with Gasteiger partial charge >= 0.3 is 0 Å². The van der Waals surface area contributed by atoms with E-state index in [1.165, 1.54) is 0 Å². The van der Waals surface area contributed by atoms with Gasteiger partial charge in [-0.15, -0.1) is 0 Å². The summed E-state index contributed by atoms with van der Waals surface area (Å²) in [7, 11) is 0. The van der Waals surface area contributed by atoms with Gasteiger partial charge in [0.2, 0.25) is 17.6 Å². The Morgan fingerprint density at radius 3 is 2.62 bits per heavy atom. The van der Waals surface area contributed by atoms with Gasteiger partial charge in [0.15, 0.2) is 0 Å². The van der Waals surface area contributed by atoms with E-state index < -0.39 is 5.91 Å². The standard InChI is InChI=1S/C18H16ClN3O2/c19-15-10-4-3-9-14(15)18-21-16(24-22-18)11-5-7-12-6-1-2-8-13(12)17(20)23/h1-4,6,8-10H,5,7,11H2,(H2,20,23). The highest BCUT2D eigenvalue weighted by Crippen LogP contribution is 2.25. The Balaban J connectivity index is 1.65. The molecule has 0 bridgehead atoms. The average molecular weight is 342 g/mol. The van der Waals surface area contributed by atoms with E-state index in [-0.39, 0.29) is 0 Å². The number of halogens is 1. The van der Waals surface area contributed by atoms with Crippen LogP contribution in [0.1, 0.15) is 28.2 Å². The molecule has 1 amide bonds. The molecule has 122 valence electrons. The van der Waals surface area contributed by atoms with Gasteiger partial charge in [-0.1, -0.05) is 47.1 Å². The molecule has 0 saturated heterocycles. The molecule has 6 heteroatoms. The summed E-state index contributed by atoms with van der Waals surface area (Å²) in [6.45, 7) is 0. The fourth-order valence-corrected chi connectivity index (χ4v) is 2.74. The lowest BCUT2D eigenvalue weighted by Crippen LogP contribution is -2.13. The van der Waals surface area contributed by atoms with E-state index in [4.69, 9.17) is 21.9 Å². The summed E-state index contributed by atoms with van der Waals surface area (Å²) in [6, 6.07) is 14.7. The lowest BCUT2D eigenvalue weighted by atomic mass is 10.0. The first-order valence-corrected chi connectivity index (χ1v) is 7.98. The Kier molecular flexibility index (Phi) is 4.91. The van der Waals surface area contributed by atoms with Crippen molar-refractivity contribution in [2.45, 2.75) is 19.3 Å². The summed E-state index contributed by atoms with van der Waals surface area (Å²) in [4.78, 5) is 15.8. The van der Waals surface area contributed by atoms with Crippen LogP contribution < -0.4 is 5.73 Å². The first-order valence-electron chi connectivity index (χ1n) is 7.60. The number of hydrogen-bond acceptors (Lipinski definition) is 4. The molecule has 24 heavy (non-hydrogen) atoms. The third-order valence-electron chi connectivity index (χ3n) is 3.70. The Labute approximate surface area is 144 Å². The fourth-order valence-electron chi connectivity index (χ4n) is 2.52. The number of primary amides is 1. The number of carbonyl (C=O) groups is 1. The molecule has 0 fully saturated rings. The number of aryl methyl sites for hydroxylation is 2. The average Bonchev–Trinajstić information content (AvgIpc) is 3.04. The van der Waals surface area contributed by atoms with E-state index in [2.05, 4.69) is 10.1 Å². The molecule has 3 rings (SSSR count). The molecule has 1 aromatic heterocycles. The van der Waals surface area contributed by atoms with Crippen LogP contribution >= 0.6 is 11.6 Å². The molecule has 5 nitrogen and oxygen atoms in total. The van der Waals surface area contributed by atoms with Crippen molar-refractivity contribution in [2.24, 2.45) is 5.73 Å². The number of hydrogen-bond donors (Lipinski definition) is 1. The second-order valence-electron chi connectivity index (χ2n) is 5.37. The van der Waals surface area contributed by atoms with E-state index in [1.807, 2.05) is 30.3 Å². The number of rotatable bonds is 6. The van der Waals surface area contributed by atoms with Crippen LogP contribution in [0.15, 0.2) is 53.1 Å². The summed E-state index contributed by atoms with van der Waals surface area (Å²) in [6.07, 6.45) is 2.10. The summed E-state index contributed by atoms with van der Waals surface area (Å²) in [5.41, 5.74) is 7.61. The van der Waals surface area contributed by atoms with Crippen molar-refractivity contribution >= 4 is 17.5 Å². The van der Waals surface area contributed by atoms with E-state index in [1.54, 1.807) is 18.2 Å². The van der Waals surface area contributed by atoms with Crippen molar-refractivity contribution < 1.29 is 9.32 Å². The van der Waals surface area contributed by atoms with Gasteiger partial charge in [0.1, 0.15) is 0 Å². The monoisotopic (exact) mass is 341 g/mol. The van der Waals surface area contributed by atoms with Crippen LogP contribution in [0.2, 0.25) is 5.02 Å². The molecule has 0 unspecified atom stereocenters. The number of nitrogens with zero attached hydrogens (tertiary/aromatic N) is 2. The molecule has 3 aromatic rings. The molecular formula is C18H16ClN3O2. The second-order valence-corrected chi connectivity index (χ2v) is 5.77. The van der Waals surface area contributed by atoms with Gasteiger partial charge < -0.3 is 10.3 Å². The van der Waals surface area contributed by atoms with E-state index in [0.29, 0.717) is 35.1 Å². The molecule has 0 aliphatic carbocycles. The van der Waals surface area contributed by atoms with Crippen LogP contribution in [0.25, 0.3) is 11.4 Å². The molecule has 1 heterocycles. The van der Waals surface area contributed by atoms with Crippen LogP contribution in [0.4, 0.5) is 0 Å². The maximum Gasteiger partial charge on any atom is 0.248 e. The topological polar surface area (TPSA) is 82.0 Å². The molecule has 0 aliphatic rings. The van der Waals surface area contributed by atoms with Gasteiger partial charge in [0.05, 0.1) is 5.02 Å². The lowest BCUT2D eigenvalue weighted by molar-refractivity contribution is 0.0999. The first-order chi connectivity index (χ1) is 11.6. The molecule has 0 spiro atoms. The highest BCUT2D eigenvalue weighted by molar-refractivity contribution is 6.33. The molecule has 0 radical (unpaired) electrons. The predicted octanol–water partition coefficient (Wildman–Crippen LogP) is 3.66. The second kappa shape index (κ2) is 7.27. The van der Waals surface area contributed by atoms with E-state index >= 15 is 0 Å². The fraction of sp³-hybridized carbons (Fsp3) is 0.167. The zero-order valence-corrected chi connectivity index (χ0v) is 13.7. The lowest BCUT2D eigenvalue weighted by Gasteiger charge is -2.05. The molecule has 2 N–H and O–H groups in total. The summed E-state index contributed by atoms with van der Waals surface area (Å²) in [5.74, 6) is 0.610. The summed E-state index contributed by atoms with van der Waals surface area (Å²) >= 11 is 6.13. The number of carbonyl (C=O) groups excluding carboxylic acids is 1. The molecule has 0 aliphatic heterocycles. The van der Waals surface area contributed by atoms with Gasteiger partial charge in [-0.2, -0.15) is 4.98 Å². The summed E-state index contributed by atoms with van der Waals surface area (Å²) < 4.78 is 5.28. The van der Waals surface area contributed by atoms with E-state index in [0.717, 1.165) is 17.5 Å². The van der Waals surface area contributed by atoms with Crippen molar-refractivity contribution in [3.05, 3.63) is 70.6 Å². The third-order valence-corrected chi connectivity index (χ3v) is 4.03. The highest BCUT2D eigenvalue weighted by Gasteiger charge is 2.12. The third kappa shape index (κ3) is 3.63. The Hall–Kier alpha value is -2.66. The van der Waals surface area contributed by atoms with Crippen LogP contribution in [-0.4, -0.2) is 16.0 Å². The summed E-state index contributed by atoms with van der Waals surface area (Å²) in [5, 5.41) is 4.56. The van der Waals surface area contributed by atoms with Crippen LogP contribution in [0.5, 0.6) is 0 Å². The molecule has 0 atom stereocenters. The Bertz CT molecular complexity index is 861. The van der Waals surface area contributed by atoms with Crippen molar-refractivity contribution in [3.63, 3.8) is 0 Å². The van der Waals surface area contributed by atoms with Gasteiger partial charge in [0.25, 0.3) is 0 Å². The SMILES string of the molecule is NC(=O)c1ccccc1CCCc1nc(-c2ccccc2Cl)no1. The van der Waals surface area contributed by atoms with Gasteiger partial charge in [-0.05, 0) is 36.6 Å². The smallest absolute Gasteiger partial charge is 0.248 e. The molecule has 2 aromatic carbocycles. The maximum atomic E-state index is 11.4. The van der Waals surface area contributed by atoms with E-state index in [9.17, 15) is 4.79 Å². The van der Waals surface area contributed by atoms with Gasteiger partial charge in [0, 0.05) is 17.5 Å². The number of amides is 1. The maximum absolute atomic E-state index is 11.4. The van der Waals surface area contributed by atoms with Crippen LogP contribution in [0, 0.1) is 0 Å². The first kappa shape index (κ1) is 16.2. The van der Waals surface area contributed by atoms with Gasteiger partial charge in [-0.3, -0.25) is 4.79 Å². The predicted molar refractivity (Wildman–Crippen MR) is 91.7 cm³/mol. The normalized spacial score (nSPS) is 10.7. The molecule has 0 saturated carbocycles. The largest absolute Gasteiger partial charge is 0.366 e. The minimum absolute atomic E-state index is 0.413. The minimum atomic E-state index is -0.413. The Morgan fingerprint density at radius 2 is 1.83 bits per heavy atom. The number of benzene rings is 2. The van der Waals surface area contributed by atoms with Crippen LogP contribution in [0.3, 0.4) is 0 Å². The molecular weight excluding hydrogens is 326 g/mol. The zero-order chi connectivity index (χ0) is 16.9. The number of nitrogens with two attached hydrogens (primary N) is 1. The van der Waals surface area contributed by atoms with Crippen molar-refractivity contribution in [1.82, 2.24) is 10.1 Å². The number of aromatic nitrogens is 2. The van der Waals surface area contributed by atoms with Crippen molar-refractivity contribution in [2.75, 3.05) is 0 Å². The Morgan fingerprint density at radius 1 is 1.08 bits per heavy atom. The highest BCUT2D eigenvalue weighted by atomic mass is 35.5. The van der Waals surface area contributed by atoms with Gasteiger partial charge in [-0.25, -0.2) is 0 Å². The van der Waals surface area contributed by atoms with Crippen LogP contribution in [-0.2, 0) is 12.8 Å². The van der Waals surface area contributed by atoms with Crippen molar-refractivity contribution in [3.8, 4) is 11.4 Å². The quantitative estimate of drug-likeness (QED) is 0.741.